The molecule has 0 unspecified atom stereocenters. The van der Waals surface area contributed by atoms with Crippen molar-refractivity contribution in [1.29, 1.82) is 0 Å². The highest BCUT2D eigenvalue weighted by atomic mass is 35.7. The number of aryl methyl sites for hydroxylation is 8. The molecule has 0 bridgehead atoms. The van der Waals surface area contributed by atoms with Crippen LogP contribution in [0.5, 0.6) is 0 Å². The minimum Gasteiger partial charge on any atom is -0.382 e. The van der Waals surface area contributed by atoms with Gasteiger partial charge in [0.15, 0.2) is 7.29 Å². The summed E-state index contributed by atoms with van der Waals surface area (Å²) >= 11 is 6.99. The van der Waals surface area contributed by atoms with Crippen LogP contribution < -0.4 is 0 Å². The van der Waals surface area contributed by atoms with Crippen molar-refractivity contribution in [3.8, 4) is 0 Å². The molecule has 4 aromatic carbocycles. The predicted octanol–water partition coefficient (Wildman–Crippen LogP) is 16.2. The fraction of sp³-hybridized carbons (Fsp3) is 0.510. The van der Waals surface area contributed by atoms with E-state index in [0.29, 0.717) is 11.3 Å². The average molecular weight is 807 g/mol. The van der Waals surface area contributed by atoms with Gasteiger partial charge in [0.1, 0.15) is 0 Å². The molecular formula is C49H74ClNO2P2. The van der Waals surface area contributed by atoms with E-state index < -0.39 is 14.6 Å². The highest BCUT2D eigenvalue weighted by Gasteiger charge is 2.49. The summed E-state index contributed by atoms with van der Waals surface area (Å²) in [7, 11) is 0.921. The third kappa shape index (κ3) is 12.9. The lowest BCUT2D eigenvalue weighted by atomic mass is 9.99. The molecular weight excluding hydrogens is 732 g/mol. The maximum atomic E-state index is 14.3. The number of hydrogen-bond acceptors (Lipinski definition) is 2. The summed E-state index contributed by atoms with van der Waals surface area (Å²) in [4.78, 5) is 0. The van der Waals surface area contributed by atoms with Crippen molar-refractivity contribution in [2.75, 3.05) is 27.3 Å². The molecule has 0 aliphatic carbocycles. The first-order valence-corrected chi connectivity index (χ1v) is 24.4. The number of rotatable bonds is 7. The van der Waals surface area contributed by atoms with Crippen molar-refractivity contribution in [2.45, 2.75) is 139 Å². The summed E-state index contributed by atoms with van der Waals surface area (Å²) in [5.41, 5.74) is 17.2. The minimum atomic E-state index is -2.55. The van der Waals surface area contributed by atoms with Gasteiger partial charge in [0.05, 0.1) is 11.3 Å². The molecule has 0 N–H and O–H groups in total. The first-order valence-electron chi connectivity index (χ1n) is 20.2. The molecule has 4 atom stereocenters. The van der Waals surface area contributed by atoms with Crippen molar-refractivity contribution < 1.29 is 9.30 Å². The lowest BCUT2D eigenvalue weighted by Crippen LogP contribution is -2.15. The fourth-order valence-electron chi connectivity index (χ4n) is 8.63. The number of hydrogen-bond donors (Lipinski definition) is 0. The van der Waals surface area contributed by atoms with Crippen LogP contribution in [0.4, 0.5) is 0 Å². The van der Waals surface area contributed by atoms with Crippen LogP contribution in [0.1, 0.15) is 150 Å². The third-order valence-corrected chi connectivity index (χ3v) is 18.3. The van der Waals surface area contributed by atoms with Crippen LogP contribution in [-0.2, 0) is 9.30 Å². The Balaban J connectivity index is 0.000000322. The second-order valence-corrected chi connectivity index (χ2v) is 22.0. The molecule has 0 saturated carbocycles. The Morgan fingerprint density at radius 1 is 0.545 bits per heavy atom. The lowest BCUT2D eigenvalue weighted by molar-refractivity contribution is 0.162. The predicted molar refractivity (Wildman–Crippen MR) is 247 cm³/mol. The molecule has 0 aromatic heterocycles. The topological polar surface area (TPSA) is 29.5 Å². The van der Waals surface area contributed by atoms with Crippen LogP contribution in [0.3, 0.4) is 0 Å². The molecule has 0 radical (unpaired) electrons. The van der Waals surface area contributed by atoms with Crippen molar-refractivity contribution in [1.82, 2.24) is 4.67 Å². The van der Waals surface area contributed by atoms with Gasteiger partial charge in [-0.1, -0.05) is 150 Å². The van der Waals surface area contributed by atoms with Crippen molar-refractivity contribution in [3.63, 3.8) is 0 Å². The van der Waals surface area contributed by atoms with Gasteiger partial charge in [-0.2, -0.15) is 0 Å². The summed E-state index contributed by atoms with van der Waals surface area (Å²) < 4.78 is 21.2. The second kappa shape index (κ2) is 22.6. The standard InChI is InChI=1S/C22H30NOP.C20H24ClP.C4H10O.C2H6.CH4/c1-15-9-16(2)12-19(11-15)21-7-8-22(25(21,24)23(5)6)20-13-17(3)10-18(4)14-20;1-13-7-14(2)10-17(9-13)19-5-6-20(22(19)21)18-11-15(3)8-16(4)12-18;1-3-5-4-2;1-2;/h9-14,21-22H,7-8H2,1-6H3;7-12,19-20H,5-6H2,1-4H3;3-4H2,1-2H3;1-2H3;1H4/t21-,22-;19-,20-;;;/m00.../s1. The summed E-state index contributed by atoms with van der Waals surface area (Å²) in [5.74, 6) is 0. The Morgan fingerprint density at radius 3 is 1.02 bits per heavy atom. The van der Waals surface area contributed by atoms with Gasteiger partial charge in [-0.15, -0.1) is 0 Å². The lowest BCUT2D eigenvalue weighted by Gasteiger charge is -2.32. The molecule has 304 valence electrons. The number of halogens is 1. The summed E-state index contributed by atoms with van der Waals surface area (Å²) in [6, 6.07) is 27.1. The maximum Gasteiger partial charge on any atom is 0.164 e. The first kappa shape index (κ1) is 48.9. The van der Waals surface area contributed by atoms with E-state index in [2.05, 4.69) is 128 Å². The van der Waals surface area contributed by atoms with E-state index in [1.165, 1.54) is 79.6 Å². The van der Waals surface area contributed by atoms with Crippen LogP contribution in [0, 0.1) is 55.4 Å². The first-order chi connectivity index (χ1) is 25.6. The van der Waals surface area contributed by atoms with E-state index in [9.17, 15) is 4.57 Å². The molecule has 2 saturated heterocycles. The number of nitrogens with zero attached hydrogens (tertiary/aromatic N) is 1. The van der Waals surface area contributed by atoms with Gasteiger partial charge in [-0.05, 0) is 131 Å². The highest BCUT2D eigenvalue weighted by molar-refractivity contribution is 7.84. The van der Waals surface area contributed by atoms with Crippen LogP contribution in [0.25, 0.3) is 0 Å². The highest BCUT2D eigenvalue weighted by Crippen LogP contribution is 2.77. The van der Waals surface area contributed by atoms with E-state index in [4.69, 9.17) is 16.0 Å². The van der Waals surface area contributed by atoms with Crippen LogP contribution >= 0.6 is 25.8 Å². The monoisotopic (exact) mass is 805 g/mol. The Morgan fingerprint density at radius 2 is 0.800 bits per heavy atom. The Labute approximate surface area is 344 Å². The van der Waals surface area contributed by atoms with E-state index in [-0.39, 0.29) is 18.7 Å². The van der Waals surface area contributed by atoms with E-state index in [0.717, 1.165) is 26.1 Å². The van der Waals surface area contributed by atoms with Gasteiger partial charge >= 0.3 is 0 Å². The second-order valence-electron chi connectivity index (χ2n) is 15.5. The zero-order valence-electron chi connectivity index (χ0n) is 36.0. The van der Waals surface area contributed by atoms with E-state index >= 15 is 0 Å². The fourth-order valence-corrected chi connectivity index (χ4v) is 15.7. The SMILES string of the molecule is C.CC.CCOCC.Cc1cc(C)cc([C@@H]2CC[C@@H](c3cc(C)cc(C)c3)P2(=O)N(C)C)c1.Cc1cc(C)cc([C@@H]2CC[C@@H](c3cc(C)cc(C)c3)P2Cl)c1. The molecule has 2 aliphatic rings. The third-order valence-electron chi connectivity index (χ3n) is 10.5. The summed E-state index contributed by atoms with van der Waals surface area (Å²) in [6.07, 6.45) is 4.43. The average Bonchev–Trinajstić information content (AvgIpc) is 3.65. The van der Waals surface area contributed by atoms with Gasteiger partial charge < -0.3 is 9.30 Å². The Kier molecular flexibility index (Phi) is 20.1. The molecule has 4 aromatic rings. The number of ether oxygens (including phenoxy) is 1. The Bertz CT molecular complexity index is 1650. The molecule has 0 amide bonds. The molecule has 6 rings (SSSR count). The largest absolute Gasteiger partial charge is 0.382 e. The van der Waals surface area contributed by atoms with Crippen molar-refractivity contribution in [2.24, 2.45) is 0 Å². The number of benzene rings is 4. The van der Waals surface area contributed by atoms with Gasteiger partial charge in [-0.25, -0.2) is 0 Å². The molecule has 3 nitrogen and oxygen atoms in total. The summed E-state index contributed by atoms with van der Waals surface area (Å²) in [5, 5.41) is 0. The zero-order valence-corrected chi connectivity index (χ0v) is 38.6. The van der Waals surface area contributed by atoms with Gasteiger partial charge in [0, 0.05) is 31.8 Å². The molecule has 6 heteroatoms. The zero-order chi connectivity index (χ0) is 40.3. The quantitative estimate of drug-likeness (QED) is 0.174. The van der Waals surface area contributed by atoms with Crippen LogP contribution in [-0.4, -0.2) is 32.0 Å². The van der Waals surface area contributed by atoms with E-state index in [1.807, 2.05) is 46.5 Å². The van der Waals surface area contributed by atoms with E-state index in [1.54, 1.807) is 0 Å². The molecule has 2 fully saturated rings. The maximum absolute atomic E-state index is 14.3. The molecule has 2 heterocycles. The van der Waals surface area contributed by atoms with Crippen LogP contribution in [0.2, 0.25) is 0 Å². The Hall–Kier alpha value is -2.25. The smallest absolute Gasteiger partial charge is 0.164 e. The van der Waals surface area contributed by atoms with Crippen molar-refractivity contribution in [3.05, 3.63) is 140 Å². The minimum absolute atomic E-state index is 0. The molecule has 2 aliphatic heterocycles. The molecule has 55 heavy (non-hydrogen) atoms. The summed E-state index contributed by atoms with van der Waals surface area (Å²) in [6.45, 7) is 26.9. The van der Waals surface area contributed by atoms with Gasteiger partial charge in [0.2, 0.25) is 0 Å². The van der Waals surface area contributed by atoms with Crippen molar-refractivity contribution >= 4 is 25.8 Å². The molecule has 0 spiro atoms. The van der Waals surface area contributed by atoms with Crippen LogP contribution in [0.15, 0.2) is 72.8 Å². The van der Waals surface area contributed by atoms with Gasteiger partial charge in [0.25, 0.3) is 0 Å². The van der Waals surface area contributed by atoms with Gasteiger partial charge in [-0.3, -0.25) is 4.67 Å². The normalized spacial score (nSPS) is 20.0.